The normalized spacial score (nSPS) is 17.0. The molecule has 2 aromatic heterocycles. The number of amides is 1. The lowest BCUT2D eigenvalue weighted by atomic mass is 9.96. The van der Waals surface area contributed by atoms with Crippen molar-refractivity contribution in [2.24, 2.45) is 5.92 Å². The maximum Gasteiger partial charge on any atom is 0.231 e. The molecule has 29 heavy (non-hydrogen) atoms. The number of fused-ring (bicyclic) bond motifs is 1. The molecular weight excluding hydrogens is 364 g/mol. The average molecular weight is 393 g/mol. The van der Waals surface area contributed by atoms with Crippen LogP contribution in [0.25, 0.3) is 11.1 Å². The van der Waals surface area contributed by atoms with Crippen molar-refractivity contribution >= 4 is 28.5 Å². The molecule has 152 valence electrons. The number of carbonyl (C=O) groups is 1. The van der Waals surface area contributed by atoms with Crippen LogP contribution in [-0.4, -0.2) is 29.0 Å². The van der Waals surface area contributed by atoms with Crippen molar-refractivity contribution in [1.82, 2.24) is 9.97 Å². The molecule has 1 saturated heterocycles. The molecule has 1 aliphatic heterocycles. The van der Waals surface area contributed by atoms with Crippen molar-refractivity contribution < 1.29 is 9.21 Å². The standard InChI is InChI=1S/C23H28N4O2/c1-13-8-6-9-14(2)20(13)26-22(28)18-10-7-11-27(12-18)21-19-15(3)16(4)29-23(19)25-17(5)24-21/h6,8-9,18H,7,10-12H2,1-5H3,(H,26,28). The predicted octanol–water partition coefficient (Wildman–Crippen LogP) is 4.62. The minimum Gasteiger partial charge on any atom is -0.443 e. The number of hydrogen-bond acceptors (Lipinski definition) is 5. The first-order valence-electron chi connectivity index (χ1n) is 10.2. The van der Waals surface area contributed by atoms with Gasteiger partial charge in [-0.2, -0.15) is 4.98 Å². The van der Waals surface area contributed by atoms with Crippen LogP contribution in [-0.2, 0) is 4.79 Å². The van der Waals surface area contributed by atoms with Crippen molar-refractivity contribution in [3.63, 3.8) is 0 Å². The van der Waals surface area contributed by atoms with Gasteiger partial charge in [-0.15, -0.1) is 0 Å². The van der Waals surface area contributed by atoms with Crippen LogP contribution < -0.4 is 10.2 Å². The summed E-state index contributed by atoms with van der Waals surface area (Å²) in [5, 5.41) is 4.13. The first-order valence-corrected chi connectivity index (χ1v) is 10.2. The van der Waals surface area contributed by atoms with E-state index in [2.05, 4.69) is 15.2 Å². The molecule has 0 saturated carbocycles. The summed E-state index contributed by atoms with van der Waals surface area (Å²) in [4.78, 5) is 24.5. The van der Waals surface area contributed by atoms with Gasteiger partial charge in [0.2, 0.25) is 11.6 Å². The molecule has 0 aliphatic carbocycles. The quantitative estimate of drug-likeness (QED) is 0.704. The Hall–Kier alpha value is -2.89. The van der Waals surface area contributed by atoms with E-state index in [0.29, 0.717) is 18.1 Å². The second kappa shape index (κ2) is 7.50. The van der Waals surface area contributed by atoms with E-state index >= 15 is 0 Å². The number of nitrogens with zero attached hydrogens (tertiary/aromatic N) is 3. The number of piperidine rings is 1. The highest BCUT2D eigenvalue weighted by molar-refractivity contribution is 5.95. The highest BCUT2D eigenvalue weighted by atomic mass is 16.3. The lowest BCUT2D eigenvalue weighted by molar-refractivity contribution is -0.120. The molecule has 4 rings (SSSR count). The molecule has 1 aromatic carbocycles. The van der Waals surface area contributed by atoms with Crippen molar-refractivity contribution in [3.05, 3.63) is 46.5 Å². The highest BCUT2D eigenvalue weighted by Gasteiger charge is 2.29. The average Bonchev–Trinajstić information content (AvgIpc) is 2.97. The fourth-order valence-corrected chi connectivity index (χ4v) is 4.18. The molecule has 0 spiro atoms. The molecule has 3 heterocycles. The van der Waals surface area contributed by atoms with Gasteiger partial charge in [-0.1, -0.05) is 18.2 Å². The lowest BCUT2D eigenvalue weighted by Gasteiger charge is -2.33. The smallest absolute Gasteiger partial charge is 0.231 e. The number of anilines is 2. The Morgan fingerprint density at radius 1 is 1.14 bits per heavy atom. The molecule has 6 heteroatoms. The maximum absolute atomic E-state index is 13.1. The van der Waals surface area contributed by atoms with Gasteiger partial charge in [-0.25, -0.2) is 4.98 Å². The van der Waals surface area contributed by atoms with Gasteiger partial charge >= 0.3 is 0 Å². The molecule has 1 atom stereocenters. The molecule has 0 bridgehead atoms. The number of carbonyl (C=O) groups excluding carboxylic acids is 1. The molecule has 1 aliphatic rings. The van der Waals surface area contributed by atoms with Crippen LogP contribution in [0.15, 0.2) is 22.6 Å². The summed E-state index contributed by atoms with van der Waals surface area (Å²) >= 11 is 0. The summed E-state index contributed by atoms with van der Waals surface area (Å²) < 4.78 is 5.83. The maximum atomic E-state index is 13.1. The first-order chi connectivity index (χ1) is 13.8. The third kappa shape index (κ3) is 3.59. The largest absolute Gasteiger partial charge is 0.443 e. The summed E-state index contributed by atoms with van der Waals surface area (Å²) in [7, 11) is 0. The van der Waals surface area contributed by atoms with E-state index in [1.165, 1.54) is 0 Å². The number of furan rings is 1. The summed E-state index contributed by atoms with van der Waals surface area (Å²) in [6.07, 6.45) is 1.83. The summed E-state index contributed by atoms with van der Waals surface area (Å²) in [5.41, 5.74) is 4.80. The zero-order chi connectivity index (χ0) is 20.7. The number of aromatic nitrogens is 2. The van der Waals surface area contributed by atoms with Crippen LogP contribution in [0.5, 0.6) is 0 Å². The SMILES string of the molecule is Cc1nc(N2CCCC(C(=O)Nc3c(C)cccc3C)C2)c2c(C)c(C)oc2n1. The van der Waals surface area contributed by atoms with Crippen LogP contribution in [0, 0.1) is 40.5 Å². The zero-order valence-electron chi connectivity index (χ0n) is 17.8. The molecule has 0 radical (unpaired) electrons. The van der Waals surface area contributed by atoms with E-state index < -0.39 is 0 Å². The van der Waals surface area contributed by atoms with Gasteiger partial charge in [0.25, 0.3) is 0 Å². The van der Waals surface area contributed by atoms with E-state index in [9.17, 15) is 4.79 Å². The van der Waals surface area contributed by atoms with Gasteiger partial charge in [0.1, 0.15) is 17.4 Å². The van der Waals surface area contributed by atoms with Crippen molar-refractivity contribution in [1.29, 1.82) is 0 Å². The van der Waals surface area contributed by atoms with Crippen LogP contribution in [0.4, 0.5) is 11.5 Å². The minimum atomic E-state index is -0.0821. The van der Waals surface area contributed by atoms with Crippen molar-refractivity contribution in [3.8, 4) is 0 Å². The monoisotopic (exact) mass is 392 g/mol. The number of aryl methyl sites for hydroxylation is 5. The topological polar surface area (TPSA) is 71.3 Å². The summed E-state index contributed by atoms with van der Waals surface area (Å²) in [5.74, 6) is 2.42. The number of nitrogens with one attached hydrogen (secondary N) is 1. The second-order valence-corrected chi connectivity index (χ2v) is 8.10. The fourth-order valence-electron chi connectivity index (χ4n) is 4.18. The van der Waals surface area contributed by atoms with Crippen LogP contribution in [0.3, 0.4) is 0 Å². The van der Waals surface area contributed by atoms with E-state index in [-0.39, 0.29) is 11.8 Å². The fraction of sp³-hybridized carbons (Fsp3) is 0.435. The second-order valence-electron chi connectivity index (χ2n) is 8.10. The Balaban J connectivity index is 1.61. The van der Waals surface area contributed by atoms with Gasteiger partial charge in [0.15, 0.2) is 0 Å². The Labute approximate surface area is 171 Å². The Morgan fingerprint density at radius 2 is 1.86 bits per heavy atom. The number of benzene rings is 1. The molecule has 3 aromatic rings. The molecular formula is C23H28N4O2. The van der Waals surface area contributed by atoms with Gasteiger partial charge < -0.3 is 14.6 Å². The van der Waals surface area contributed by atoms with Gasteiger partial charge in [0.05, 0.1) is 11.3 Å². The van der Waals surface area contributed by atoms with E-state index in [0.717, 1.165) is 58.7 Å². The first kappa shape index (κ1) is 19.4. The van der Waals surface area contributed by atoms with E-state index in [1.54, 1.807) is 0 Å². The van der Waals surface area contributed by atoms with E-state index in [4.69, 9.17) is 9.40 Å². The van der Waals surface area contributed by atoms with Gasteiger partial charge in [0, 0.05) is 24.3 Å². The van der Waals surface area contributed by atoms with Crippen molar-refractivity contribution in [2.45, 2.75) is 47.5 Å². The summed E-state index contributed by atoms with van der Waals surface area (Å²) in [6, 6.07) is 6.07. The minimum absolute atomic E-state index is 0.0780. The van der Waals surface area contributed by atoms with Crippen molar-refractivity contribution in [2.75, 3.05) is 23.3 Å². The summed E-state index contributed by atoms with van der Waals surface area (Å²) in [6.45, 7) is 11.4. The van der Waals surface area contributed by atoms with Gasteiger partial charge in [-0.05, 0) is 58.6 Å². The molecule has 1 unspecified atom stereocenters. The predicted molar refractivity (Wildman–Crippen MR) is 115 cm³/mol. The van der Waals surface area contributed by atoms with Crippen LogP contribution in [0.1, 0.15) is 41.1 Å². The molecule has 1 N–H and O–H groups in total. The van der Waals surface area contributed by atoms with E-state index in [1.807, 2.05) is 52.8 Å². The number of hydrogen-bond donors (Lipinski definition) is 1. The Morgan fingerprint density at radius 3 is 2.59 bits per heavy atom. The third-order valence-electron chi connectivity index (χ3n) is 5.94. The molecule has 1 fully saturated rings. The number of para-hydroxylation sites is 1. The van der Waals surface area contributed by atoms with Crippen LogP contribution in [0.2, 0.25) is 0 Å². The molecule has 6 nitrogen and oxygen atoms in total. The zero-order valence-corrected chi connectivity index (χ0v) is 17.8. The number of rotatable bonds is 3. The highest BCUT2D eigenvalue weighted by Crippen LogP contribution is 2.33. The Bertz CT molecular complexity index is 1070. The molecule has 1 amide bonds. The third-order valence-corrected chi connectivity index (χ3v) is 5.94. The van der Waals surface area contributed by atoms with Crippen LogP contribution >= 0.6 is 0 Å². The lowest BCUT2D eigenvalue weighted by Crippen LogP contribution is -2.41. The van der Waals surface area contributed by atoms with Gasteiger partial charge in [-0.3, -0.25) is 4.79 Å². The Kier molecular flexibility index (Phi) is 5.03.